The molecule has 0 radical (unpaired) electrons. The van der Waals surface area contributed by atoms with Gasteiger partial charge in [-0.1, -0.05) is 0 Å². The molecular formula is C49H58Cl4Zr. The van der Waals surface area contributed by atoms with Gasteiger partial charge in [0.1, 0.15) is 0 Å². The first-order valence-corrected chi connectivity index (χ1v) is 23.8. The number of hydrogen-bond acceptors (Lipinski definition) is 0. The largest absolute Gasteiger partial charge is 1.00 e. The molecule has 6 rings (SSSR count). The fraction of sp³-hybridized carbons (Fsp3) is 0.408. The standard InChI is InChI=1S/C23H29.C13H8Cl2.C13H21.2ClH.Zr/c1-14-9-16-11-17-10-15(2)21(23(6,7)8)13-19(17)18(16)12-20(14)22(3,4)5;14-12-5-1-10(2-6-12)9-11-3-7-13(15)8-4-11;1-5-6-7-11-8-9-12(10-11)13(2,3)4;;;/h9,12-13H,11H2,1-8H3;1-8H;9-11H,5-7H2,1-4H3;2*1H;/q;;;;;+2/p-2. The molecule has 54 heavy (non-hydrogen) atoms. The van der Waals surface area contributed by atoms with Gasteiger partial charge in [-0.3, -0.25) is 0 Å². The van der Waals surface area contributed by atoms with Gasteiger partial charge in [0.2, 0.25) is 0 Å². The Labute approximate surface area is 357 Å². The number of fused-ring (bicyclic) bond motifs is 3. The molecule has 0 fully saturated rings. The molecule has 0 nitrogen and oxygen atoms in total. The second-order valence-electron chi connectivity index (χ2n) is 18.4. The molecule has 2 aliphatic rings. The summed E-state index contributed by atoms with van der Waals surface area (Å²) in [6.07, 6.45) is 9.94. The second-order valence-corrected chi connectivity index (χ2v) is 25.0. The van der Waals surface area contributed by atoms with Gasteiger partial charge in [-0.15, -0.1) is 0 Å². The van der Waals surface area contributed by atoms with Crippen LogP contribution in [0.4, 0.5) is 0 Å². The van der Waals surface area contributed by atoms with Crippen LogP contribution in [0, 0.1) is 25.2 Å². The van der Waals surface area contributed by atoms with Crippen molar-refractivity contribution in [2.24, 2.45) is 11.3 Å². The zero-order valence-electron chi connectivity index (χ0n) is 34.4. The van der Waals surface area contributed by atoms with Crippen molar-refractivity contribution in [3.63, 3.8) is 0 Å². The smallest absolute Gasteiger partial charge is 1.00 e. The maximum absolute atomic E-state index is 6.61. The molecule has 5 heteroatoms. The molecule has 0 saturated carbocycles. The van der Waals surface area contributed by atoms with Gasteiger partial charge in [-0.2, -0.15) is 0 Å². The van der Waals surface area contributed by atoms with Gasteiger partial charge in [-0.05, 0) is 0 Å². The summed E-state index contributed by atoms with van der Waals surface area (Å²) in [5, 5.41) is 1.54. The molecular weight excluding hydrogens is 822 g/mol. The van der Waals surface area contributed by atoms with Crippen LogP contribution in [0.2, 0.25) is 10.0 Å². The van der Waals surface area contributed by atoms with Gasteiger partial charge in [0.25, 0.3) is 0 Å². The van der Waals surface area contributed by atoms with Crippen molar-refractivity contribution in [3.05, 3.63) is 142 Å². The first-order chi connectivity index (χ1) is 24.3. The van der Waals surface area contributed by atoms with Gasteiger partial charge in [0.05, 0.1) is 0 Å². The first-order valence-electron chi connectivity index (χ1n) is 19.3. The van der Waals surface area contributed by atoms with Crippen LogP contribution in [0.3, 0.4) is 0 Å². The molecule has 0 bridgehead atoms. The molecule has 0 aromatic heterocycles. The molecule has 0 heterocycles. The minimum atomic E-state index is -3.11. The monoisotopic (exact) mass is 876 g/mol. The van der Waals surface area contributed by atoms with Gasteiger partial charge in [0, 0.05) is 0 Å². The van der Waals surface area contributed by atoms with Crippen molar-refractivity contribution >= 4 is 29.7 Å². The van der Waals surface area contributed by atoms with Gasteiger partial charge < -0.3 is 24.8 Å². The summed E-state index contributed by atoms with van der Waals surface area (Å²) in [7, 11) is 0. The Morgan fingerprint density at radius 3 is 1.70 bits per heavy atom. The van der Waals surface area contributed by atoms with Crippen LogP contribution in [-0.4, -0.2) is 3.21 Å². The summed E-state index contributed by atoms with van der Waals surface area (Å²) in [5.74, 6) is 0.435. The molecule has 286 valence electrons. The number of allylic oxidation sites excluding steroid dienone is 4. The molecule has 2 aliphatic carbocycles. The zero-order chi connectivity index (χ0) is 37.9. The number of hydrogen-bond donors (Lipinski definition) is 0. The first kappa shape index (κ1) is 45.0. The summed E-state index contributed by atoms with van der Waals surface area (Å²) in [4.78, 5) is 0. The predicted octanol–water partition coefficient (Wildman–Crippen LogP) is 7.97. The van der Waals surface area contributed by atoms with E-state index in [1.54, 1.807) is 12.1 Å². The molecule has 1 atom stereocenters. The van der Waals surface area contributed by atoms with E-state index >= 15 is 0 Å². The molecule has 0 spiro atoms. The van der Waals surface area contributed by atoms with Crippen molar-refractivity contribution < 1.29 is 46.1 Å². The number of halogens is 4. The molecule has 0 amide bonds. The van der Waals surface area contributed by atoms with E-state index in [2.05, 4.69) is 162 Å². The Morgan fingerprint density at radius 1 is 0.704 bits per heavy atom. The van der Waals surface area contributed by atoms with Crippen LogP contribution in [0.15, 0.2) is 87.7 Å². The number of aryl methyl sites for hydroxylation is 1. The van der Waals surface area contributed by atoms with Gasteiger partial charge in [0.15, 0.2) is 0 Å². The van der Waals surface area contributed by atoms with Crippen molar-refractivity contribution in [3.8, 4) is 11.1 Å². The van der Waals surface area contributed by atoms with E-state index in [-0.39, 0.29) is 41.1 Å². The van der Waals surface area contributed by atoms with Crippen LogP contribution >= 0.6 is 23.2 Å². The maximum atomic E-state index is 6.61. The topological polar surface area (TPSA) is 0 Å². The van der Waals surface area contributed by atoms with E-state index < -0.39 is 21.3 Å². The summed E-state index contributed by atoms with van der Waals surface area (Å²) >= 11 is 10.1. The number of unbranched alkanes of at least 4 members (excludes halogenated alkanes) is 1. The summed E-state index contributed by atoms with van der Waals surface area (Å²) in [6, 6.07) is 25.1. The number of benzene rings is 4. The van der Waals surface area contributed by atoms with Crippen LogP contribution < -0.4 is 28.1 Å². The maximum Gasteiger partial charge on any atom is -1.00 e. The minimum Gasteiger partial charge on any atom is -1.00 e. The molecule has 0 saturated heterocycles. The third-order valence-electron chi connectivity index (χ3n) is 11.3. The van der Waals surface area contributed by atoms with E-state index in [1.807, 2.05) is 0 Å². The Hall–Kier alpha value is -1.73. The van der Waals surface area contributed by atoms with Crippen molar-refractivity contribution in [1.82, 2.24) is 0 Å². The van der Waals surface area contributed by atoms with Crippen molar-refractivity contribution in [2.75, 3.05) is 0 Å². The van der Waals surface area contributed by atoms with E-state index in [0.717, 1.165) is 16.5 Å². The fourth-order valence-corrected chi connectivity index (χ4v) is 17.9. The summed E-state index contributed by atoms with van der Waals surface area (Å²) in [6.45, 7) is 28.5. The molecule has 4 aromatic rings. The van der Waals surface area contributed by atoms with E-state index in [0.29, 0.717) is 5.92 Å². The van der Waals surface area contributed by atoms with Crippen LogP contribution in [0.5, 0.6) is 0 Å². The Bertz CT molecular complexity index is 2060. The number of rotatable bonds is 7. The predicted molar refractivity (Wildman–Crippen MR) is 226 cm³/mol. The molecule has 0 N–H and O–H groups in total. The van der Waals surface area contributed by atoms with Crippen LogP contribution in [-0.2, 0) is 38.5 Å². The molecule has 0 aliphatic heterocycles. The van der Waals surface area contributed by atoms with Gasteiger partial charge in [-0.25, -0.2) is 0 Å². The average Bonchev–Trinajstić information content (AvgIpc) is 3.64. The third kappa shape index (κ3) is 9.03. The summed E-state index contributed by atoms with van der Waals surface area (Å²) in [5.41, 5.74) is 16.0. The van der Waals surface area contributed by atoms with E-state index in [9.17, 15) is 0 Å². The molecule has 4 aromatic carbocycles. The van der Waals surface area contributed by atoms with Crippen molar-refractivity contribution in [2.45, 2.75) is 120 Å². The SMILES string of the molecule is CCCCC1C=C(C(C)(C)C)C=[C]1[Zr+2](=[C](c1ccc(Cl)cc1)c1ccc(Cl)cc1)[c]1c(C)c(C(C)(C)C)cc2c1Cc1cc(C)c(C(C)(C)C)cc1-2.[Cl-].[Cl-]. The normalized spacial score (nSPS) is 14.9. The zero-order valence-corrected chi connectivity index (χ0v) is 39.9. The summed E-state index contributed by atoms with van der Waals surface area (Å²) < 4.78 is 4.90. The van der Waals surface area contributed by atoms with Gasteiger partial charge >= 0.3 is 335 Å². The van der Waals surface area contributed by atoms with Crippen molar-refractivity contribution in [1.29, 1.82) is 0 Å². The second kappa shape index (κ2) is 17.0. The Morgan fingerprint density at radius 2 is 1.22 bits per heavy atom. The average molecular weight is 880 g/mol. The Kier molecular flexibility index (Phi) is 14.2. The molecule has 1 unspecified atom stereocenters. The fourth-order valence-electron chi connectivity index (χ4n) is 8.66. The van der Waals surface area contributed by atoms with Crippen LogP contribution in [0.1, 0.15) is 133 Å². The van der Waals surface area contributed by atoms with E-state index in [1.165, 1.54) is 78.1 Å². The quantitative estimate of drug-likeness (QED) is 0.156. The Balaban J connectivity index is 0.00000325. The third-order valence-corrected chi connectivity index (χ3v) is 20.0. The van der Waals surface area contributed by atoms with Crippen LogP contribution in [0.25, 0.3) is 11.1 Å². The van der Waals surface area contributed by atoms with E-state index in [4.69, 9.17) is 23.2 Å². The minimum absolute atomic E-state index is 0.